The Hall–Kier alpha value is -2.49. The van der Waals surface area contributed by atoms with Gasteiger partial charge in [-0.15, -0.1) is 0 Å². The number of para-hydroxylation sites is 1. The number of hydrogen-bond donors (Lipinski definition) is 0. The molecule has 2 aromatic rings. The molecule has 0 unspecified atom stereocenters. The van der Waals surface area contributed by atoms with Crippen molar-refractivity contribution in [2.24, 2.45) is 0 Å². The van der Waals surface area contributed by atoms with Gasteiger partial charge in [0.2, 0.25) is 0 Å². The molecule has 0 amide bonds. The highest BCUT2D eigenvalue weighted by Gasteiger charge is 2.09. The van der Waals surface area contributed by atoms with Crippen LogP contribution in [0.4, 0.5) is 4.79 Å². The summed E-state index contributed by atoms with van der Waals surface area (Å²) in [7, 11) is 1.27. The molecule has 0 atom stereocenters. The van der Waals surface area contributed by atoms with E-state index in [0.29, 0.717) is 12.4 Å². The van der Waals surface area contributed by atoms with Gasteiger partial charge in [-0.05, 0) is 43.2 Å². The number of methoxy groups -OCH3 is 1. The van der Waals surface area contributed by atoms with Gasteiger partial charge in [-0.25, -0.2) is 4.79 Å². The number of hydrogen-bond acceptors (Lipinski definition) is 4. The zero-order valence-corrected chi connectivity index (χ0v) is 12.4. The van der Waals surface area contributed by atoms with Gasteiger partial charge in [-0.3, -0.25) is 0 Å². The van der Waals surface area contributed by atoms with Crippen molar-refractivity contribution < 1.29 is 19.0 Å². The summed E-state index contributed by atoms with van der Waals surface area (Å²) >= 11 is 0. The second-order valence-electron chi connectivity index (χ2n) is 4.70. The first-order chi connectivity index (χ1) is 10.1. The van der Waals surface area contributed by atoms with Gasteiger partial charge in [0.25, 0.3) is 0 Å². The fourth-order valence-electron chi connectivity index (χ4n) is 1.82. The molecule has 0 spiro atoms. The Morgan fingerprint density at radius 1 is 1.05 bits per heavy atom. The maximum atomic E-state index is 11.2. The summed E-state index contributed by atoms with van der Waals surface area (Å²) in [4.78, 5) is 11.2. The molecule has 0 radical (unpaired) electrons. The van der Waals surface area contributed by atoms with Gasteiger partial charge in [-0.2, -0.15) is 0 Å². The lowest BCUT2D eigenvalue weighted by molar-refractivity contribution is 0.120. The third kappa shape index (κ3) is 3.99. The first-order valence-electron chi connectivity index (χ1n) is 6.64. The number of aryl methyl sites for hydroxylation is 2. The third-order valence-corrected chi connectivity index (χ3v) is 3.21. The predicted molar refractivity (Wildman–Crippen MR) is 79.7 cm³/mol. The Balaban J connectivity index is 2.09. The van der Waals surface area contributed by atoms with E-state index in [1.54, 1.807) is 12.1 Å². The van der Waals surface area contributed by atoms with Crippen LogP contribution in [0.2, 0.25) is 0 Å². The number of benzene rings is 2. The zero-order chi connectivity index (χ0) is 15.2. The third-order valence-electron chi connectivity index (χ3n) is 3.21. The molecule has 21 heavy (non-hydrogen) atoms. The fourth-order valence-corrected chi connectivity index (χ4v) is 1.82. The quantitative estimate of drug-likeness (QED) is 0.629. The maximum Gasteiger partial charge on any atom is 0.513 e. The second kappa shape index (κ2) is 6.79. The van der Waals surface area contributed by atoms with Crippen molar-refractivity contribution >= 4 is 6.16 Å². The number of carbonyl (C=O) groups excluding carboxylic acids is 1. The summed E-state index contributed by atoms with van der Waals surface area (Å²) in [6, 6.07) is 13.1. The fraction of sp³-hybridized carbons (Fsp3) is 0.235. The van der Waals surface area contributed by atoms with Crippen molar-refractivity contribution in [2.75, 3.05) is 7.11 Å². The van der Waals surface area contributed by atoms with E-state index < -0.39 is 6.16 Å². The molecule has 2 aromatic carbocycles. The van der Waals surface area contributed by atoms with E-state index in [1.165, 1.54) is 18.2 Å². The van der Waals surface area contributed by atoms with Gasteiger partial charge in [0.05, 0.1) is 7.11 Å². The molecule has 4 nitrogen and oxygen atoms in total. The Labute approximate surface area is 124 Å². The monoisotopic (exact) mass is 286 g/mol. The SMILES string of the molecule is COC(=O)Oc1ccccc1COc1ccc(C)c(C)c1. The number of carbonyl (C=O) groups is 1. The summed E-state index contributed by atoms with van der Waals surface area (Å²) in [5.41, 5.74) is 3.17. The Morgan fingerprint density at radius 2 is 1.81 bits per heavy atom. The molecule has 2 rings (SSSR count). The Morgan fingerprint density at radius 3 is 2.52 bits per heavy atom. The smallest absolute Gasteiger partial charge is 0.489 e. The summed E-state index contributed by atoms with van der Waals surface area (Å²) < 4.78 is 15.3. The van der Waals surface area contributed by atoms with Crippen LogP contribution in [0, 0.1) is 13.8 Å². The normalized spacial score (nSPS) is 10.0. The first-order valence-corrected chi connectivity index (χ1v) is 6.64. The molecular weight excluding hydrogens is 268 g/mol. The molecule has 0 fully saturated rings. The van der Waals surface area contributed by atoms with Crippen molar-refractivity contribution in [2.45, 2.75) is 20.5 Å². The van der Waals surface area contributed by atoms with E-state index in [4.69, 9.17) is 9.47 Å². The molecule has 0 aromatic heterocycles. The van der Waals surface area contributed by atoms with Gasteiger partial charge < -0.3 is 14.2 Å². The van der Waals surface area contributed by atoms with Gasteiger partial charge in [0.1, 0.15) is 18.1 Å². The van der Waals surface area contributed by atoms with E-state index in [1.807, 2.05) is 37.3 Å². The summed E-state index contributed by atoms with van der Waals surface area (Å²) in [5.74, 6) is 1.22. The van der Waals surface area contributed by atoms with Crippen LogP contribution in [0.5, 0.6) is 11.5 Å². The van der Waals surface area contributed by atoms with Crippen LogP contribution in [0.3, 0.4) is 0 Å². The lowest BCUT2D eigenvalue weighted by Crippen LogP contribution is -2.09. The van der Waals surface area contributed by atoms with Gasteiger partial charge in [0.15, 0.2) is 0 Å². The van der Waals surface area contributed by atoms with Gasteiger partial charge in [0, 0.05) is 5.56 Å². The van der Waals surface area contributed by atoms with E-state index in [9.17, 15) is 4.79 Å². The standard InChI is InChI=1S/C17H18O4/c1-12-8-9-15(10-13(12)2)20-11-14-6-4-5-7-16(14)21-17(18)19-3/h4-10H,11H2,1-3H3. The molecule has 0 aliphatic carbocycles. The largest absolute Gasteiger partial charge is 0.513 e. The lowest BCUT2D eigenvalue weighted by atomic mass is 10.1. The second-order valence-corrected chi connectivity index (χ2v) is 4.70. The molecule has 0 bridgehead atoms. The minimum Gasteiger partial charge on any atom is -0.489 e. The topological polar surface area (TPSA) is 44.8 Å². The highest BCUT2D eigenvalue weighted by molar-refractivity contribution is 5.64. The van der Waals surface area contributed by atoms with Crippen LogP contribution in [-0.4, -0.2) is 13.3 Å². The molecule has 0 saturated heterocycles. The van der Waals surface area contributed by atoms with E-state index in [0.717, 1.165) is 11.3 Å². The van der Waals surface area contributed by atoms with Crippen LogP contribution < -0.4 is 9.47 Å². The number of rotatable bonds is 4. The minimum atomic E-state index is -0.742. The van der Waals surface area contributed by atoms with E-state index in [-0.39, 0.29) is 0 Å². The minimum absolute atomic E-state index is 0.315. The Bertz CT molecular complexity index is 634. The highest BCUT2D eigenvalue weighted by atomic mass is 16.7. The first kappa shape index (κ1) is 14.9. The van der Waals surface area contributed by atoms with E-state index >= 15 is 0 Å². The van der Waals surface area contributed by atoms with Crippen LogP contribution in [-0.2, 0) is 11.3 Å². The molecular formula is C17H18O4. The van der Waals surface area contributed by atoms with Crippen molar-refractivity contribution in [3.05, 3.63) is 59.2 Å². The summed E-state index contributed by atoms with van der Waals surface area (Å²) in [5, 5.41) is 0. The molecule has 0 N–H and O–H groups in total. The molecule has 0 aliphatic heterocycles. The van der Waals surface area contributed by atoms with Crippen molar-refractivity contribution in [3.8, 4) is 11.5 Å². The Kier molecular flexibility index (Phi) is 4.82. The molecule has 0 aliphatic rings. The number of ether oxygens (including phenoxy) is 3. The molecule has 110 valence electrons. The zero-order valence-electron chi connectivity index (χ0n) is 12.4. The van der Waals surface area contributed by atoms with Crippen molar-refractivity contribution in [3.63, 3.8) is 0 Å². The molecule has 4 heteroatoms. The summed E-state index contributed by atoms with van der Waals surface area (Å²) in [6.45, 7) is 4.41. The van der Waals surface area contributed by atoms with Gasteiger partial charge in [-0.1, -0.05) is 24.3 Å². The highest BCUT2D eigenvalue weighted by Crippen LogP contribution is 2.22. The van der Waals surface area contributed by atoms with Crippen LogP contribution in [0.15, 0.2) is 42.5 Å². The van der Waals surface area contributed by atoms with Gasteiger partial charge >= 0.3 is 6.16 Å². The van der Waals surface area contributed by atoms with Crippen LogP contribution in [0.1, 0.15) is 16.7 Å². The predicted octanol–water partition coefficient (Wildman–Crippen LogP) is 4.03. The average molecular weight is 286 g/mol. The van der Waals surface area contributed by atoms with Crippen molar-refractivity contribution in [1.82, 2.24) is 0 Å². The van der Waals surface area contributed by atoms with Crippen LogP contribution in [0.25, 0.3) is 0 Å². The molecule has 0 heterocycles. The lowest BCUT2D eigenvalue weighted by Gasteiger charge is -2.11. The average Bonchev–Trinajstić information content (AvgIpc) is 2.49. The maximum absolute atomic E-state index is 11.2. The van der Waals surface area contributed by atoms with E-state index in [2.05, 4.69) is 11.7 Å². The van der Waals surface area contributed by atoms with Crippen molar-refractivity contribution in [1.29, 1.82) is 0 Å². The van der Waals surface area contributed by atoms with Crippen LogP contribution >= 0.6 is 0 Å². The molecule has 0 saturated carbocycles. The summed E-state index contributed by atoms with van der Waals surface area (Å²) in [6.07, 6.45) is -0.742.